The van der Waals surface area contributed by atoms with E-state index in [0.29, 0.717) is 10.0 Å². The highest BCUT2D eigenvalue weighted by Crippen LogP contribution is 2.20. The number of carbonyl (C=O) groups excluding carboxylic acids is 1. The highest BCUT2D eigenvalue weighted by molar-refractivity contribution is 9.10. The molecule has 0 aliphatic carbocycles. The van der Waals surface area contributed by atoms with E-state index in [0.717, 1.165) is 0 Å². The molecule has 0 saturated heterocycles. The van der Waals surface area contributed by atoms with Crippen molar-refractivity contribution in [2.45, 2.75) is 19.9 Å². The van der Waals surface area contributed by atoms with E-state index < -0.39 is 0 Å². The Hall–Kier alpha value is -1.12. The van der Waals surface area contributed by atoms with Crippen molar-refractivity contribution in [1.82, 2.24) is 9.88 Å². The number of pyridine rings is 1. The summed E-state index contributed by atoms with van der Waals surface area (Å²) in [5.74, 6) is -0.291. The molecule has 90 valence electrons. The van der Waals surface area contributed by atoms with Gasteiger partial charge in [-0.2, -0.15) is 5.26 Å². The summed E-state index contributed by atoms with van der Waals surface area (Å²) in [6.45, 7) is 3.71. The Morgan fingerprint density at radius 2 is 2.35 bits per heavy atom. The molecule has 6 heteroatoms. The zero-order valence-corrected chi connectivity index (χ0v) is 11.8. The average Bonchev–Trinajstić information content (AvgIpc) is 2.28. The van der Waals surface area contributed by atoms with Gasteiger partial charge in [-0.1, -0.05) is 11.6 Å². The molecule has 17 heavy (non-hydrogen) atoms. The Bertz CT molecular complexity index is 470. The molecule has 1 heterocycles. The van der Waals surface area contributed by atoms with Crippen LogP contribution in [0.5, 0.6) is 0 Å². The number of hydrogen-bond acceptors (Lipinski definition) is 3. The van der Waals surface area contributed by atoms with Gasteiger partial charge in [-0.3, -0.25) is 4.79 Å². The van der Waals surface area contributed by atoms with Gasteiger partial charge in [0, 0.05) is 16.7 Å². The highest BCUT2D eigenvalue weighted by atomic mass is 79.9. The fourth-order valence-electron chi connectivity index (χ4n) is 1.29. The second kappa shape index (κ2) is 5.99. The van der Waals surface area contributed by atoms with Crippen LogP contribution in [0, 0.1) is 11.3 Å². The molecule has 0 aliphatic rings. The molecule has 4 nitrogen and oxygen atoms in total. The molecule has 0 unspecified atom stereocenters. The van der Waals surface area contributed by atoms with E-state index in [4.69, 9.17) is 16.9 Å². The molecule has 0 aliphatic heterocycles. The van der Waals surface area contributed by atoms with Crippen LogP contribution >= 0.6 is 27.5 Å². The Morgan fingerprint density at radius 1 is 1.71 bits per heavy atom. The van der Waals surface area contributed by atoms with Gasteiger partial charge < -0.3 is 4.90 Å². The van der Waals surface area contributed by atoms with Crippen molar-refractivity contribution in [3.05, 3.63) is 27.5 Å². The van der Waals surface area contributed by atoms with Crippen molar-refractivity contribution < 1.29 is 4.79 Å². The molecule has 0 fully saturated rings. The molecule has 1 rings (SSSR count). The minimum absolute atomic E-state index is 0.0271. The van der Waals surface area contributed by atoms with Crippen molar-refractivity contribution in [3.63, 3.8) is 0 Å². The van der Waals surface area contributed by atoms with Crippen molar-refractivity contribution in [1.29, 1.82) is 5.26 Å². The van der Waals surface area contributed by atoms with Crippen molar-refractivity contribution in [2.75, 3.05) is 6.54 Å². The predicted octanol–water partition coefficient (Wildman–Crippen LogP) is 2.87. The van der Waals surface area contributed by atoms with Gasteiger partial charge >= 0.3 is 0 Å². The van der Waals surface area contributed by atoms with E-state index in [-0.39, 0.29) is 23.6 Å². The van der Waals surface area contributed by atoms with Gasteiger partial charge in [0.2, 0.25) is 0 Å². The van der Waals surface area contributed by atoms with Gasteiger partial charge in [0.25, 0.3) is 5.91 Å². The maximum absolute atomic E-state index is 12.2. The molecule has 0 spiro atoms. The smallest absolute Gasteiger partial charge is 0.258 e. The minimum atomic E-state index is -0.291. The summed E-state index contributed by atoms with van der Waals surface area (Å²) in [4.78, 5) is 17.5. The lowest BCUT2D eigenvalue weighted by Gasteiger charge is -2.24. The van der Waals surface area contributed by atoms with E-state index in [9.17, 15) is 4.79 Å². The zero-order valence-electron chi connectivity index (χ0n) is 9.44. The molecule has 0 atom stereocenters. The first-order chi connectivity index (χ1) is 7.97. The van der Waals surface area contributed by atoms with Crippen molar-refractivity contribution in [2.24, 2.45) is 0 Å². The van der Waals surface area contributed by atoms with Gasteiger partial charge in [-0.05, 0) is 35.8 Å². The minimum Gasteiger partial charge on any atom is -0.323 e. The number of amides is 1. The van der Waals surface area contributed by atoms with Gasteiger partial charge in [-0.25, -0.2) is 4.98 Å². The first kappa shape index (κ1) is 13.9. The molecular formula is C11H11BrClN3O. The van der Waals surface area contributed by atoms with Gasteiger partial charge in [0.15, 0.2) is 0 Å². The van der Waals surface area contributed by atoms with Crippen LogP contribution in [0.3, 0.4) is 0 Å². The maximum atomic E-state index is 12.2. The first-order valence-electron chi connectivity index (χ1n) is 4.96. The standard InChI is InChI=1S/C11H11BrClN3O/c1-7(2)16(4-3-14)11(17)9-5-8(12)6-15-10(9)13/h5-7H,4H2,1-2H3. The monoisotopic (exact) mass is 315 g/mol. The summed E-state index contributed by atoms with van der Waals surface area (Å²) < 4.78 is 0.672. The number of aromatic nitrogens is 1. The fourth-order valence-corrected chi connectivity index (χ4v) is 1.81. The fraction of sp³-hybridized carbons (Fsp3) is 0.364. The quantitative estimate of drug-likeness (QED) is 0.636. The van der Waals surface area contributed by atoms with Gasteiger partial charge in [0.05, 0.1) is 11.6 Å². The summed E-state index contributed by atoms with van der Waals surface area (Å²) in [6.07, 6.45) is 1.52. The first-order valence-corrected chi connectivity index (χ1v) is 6.13. The van der Waals surface area contributed by atoms with E-state index in [1.807, 2.05) is 19.9 Å². The third kappa shape index (κ3) is 3.42. The highest BCUT2D eigenvalue weighted by Gasteiger charge is 2.21. The summed E-state index contributed by atoms with van der Waals surface area (Å²) in [5.41, 5.74) is 0.296. The Labute approximate surface area is 113 Å². The molecule has 1 amide bonds. The molecule has 1 aromatic rings. The largest absolute Gasteiger partial charge is 0.323 e. The summed E-state index contributed by atoms with van der Waals surface area (Å²) >= 11 is 9.11. The molecule has 0 aromatic carbocycles. The van der Waals surface area contributed by atoms with Crippen LogP contribution < -0.4 is 0 Å². The lowest BCUT2D eigenvalue weighted by Crippen LogP contribution is -2.37. The Balaban J connectivity index is 3.10. The van der Waals surface area contributed by atoms with Crippen LogP contribution in [0.25, 0.3) is 0 Å². The summed E-state index contributed by atoms with van der Waals surface area (Å²) in [6, 6.07) is 3.49. The third-order valence-corrected chi connectivity index (χ3v) is 2.90. The van der Waals surface area contributed by atoms with Crippen LogP contribution in [0.2, 0.25) is 5.15 Å². The Kier molecular flexibility index (Phi) is 4.91. The van der Waals surface area contributed by atoms with Crippen molar-refractivity contribution >= 4 is 33.4 Å². The van der Waals surface area contributed by atoms with Crippen LogP contribution in [-0.2, 0) is 0 Å². The second-order valence-corrected chi connectivity index (χ2v) is 4.95. The Morgan fingerprint density at radius 3 is 2.88 bits per heavy atom. The molecule has 0 bridgehead atoms. The third-order valence-electron chi connectivity index (χ3n) is 2.16. The zero-order chi connectivity index (χ0) is 13.0. The second-order valence-electron chi connectivity index (χ2n) is 3.68. The average molecular weight is 317 g/mol. The lowest BCUT2D eigenvalue weighted by molar-refractivity contribution is 0.0731. The summed E-state index contributed by atoms with van der Waals surface area (Å²) in [7, 11) is 0. The van der Waals surface area contributed by atoms with Crippen LogP contribution in [0.15, 0.2) is 16.7 Å². The number of halogens is 2. The maximum Gasteiger partial charge on any atom is 0.258 e. The molecule has 0 N–H and O–H groups in total. The molecular weight excluding hydrogens is 305 g/mol. The van der Waals surface area contributed by atoms with Crippen LogP contribution in [0.1, 0.15) is 24.2 Å². The van der Waals surface area contributed by atoms with E-state index in [1.54, 1.807) is 6.07 Å². The number of carbonyl (C=O) groups is 1. The molecule has 0 radical (unpaired) electrons. The van der Waals surface area contributed by atoms with E-state index in [2.05, 4.69) is 20.9 Å². The summed E-state index contributed by atoms with van der Waals surface area (Å²) in [5, 5.41) is 8.84. The van der Waals surface area contributed by atoms with Gasteiger partial charge in [-0.15, -0.1) is 0 Å². The van der Waals surface area contributed by atoms with Gasteiger partial charge in [0.1, 0.15) is 11.7 Å². The van der Waals surface area contributed by atoms with Crippen LogP contribution in [-0.4, -0.2) is 28.4 Å². The molecule has 1 aromatic heterocycles. The van der Waals surface area contributed by atoms with E-state index in [1.165, 1.54) is 11.1 Å². The number of rotatable bonds is 3. The number of nitrogens with zero attached hydrogens (tertiary/aromatic N) is 3. The van der Waals surface area contributed by atoms with E-state index >= 15 is 0 Å². The number of nitriles is 1. The predicted molar refractivity (Wildman–Crippen MR) is 68.7 cm³/mol. The normalized spacial score (nSPS) is 10.1. The lowest BCUT2D eigenvalue weighted by atomic mass is 10.2. The number of hydrogen-bond donors (Lipinski definition) is 0. The topological polar surface area (TPSA) is 57.0 Å². The van der Waals surface area contributed by atoms with Crippen LogP contribution in [0.4, 0.5) is 0 Å². The van der Waals surface area contributed by atoms with Crippen molar-refractivity contribution in [3.8, 4) is 6.07 Å². The SMILES string of the molecule is CC(C)N(CC#N)C(=O)c1cc(Br)cnc1Cl. The molecule has 0 saturated carbocycles.